The topological polar surface area (TPSA) is 78.9 Å². The Morgan fingerprint density at radius 2 is 0.571 bits per heavy atom. The summed E-state index contributed by atoms with van der Waals surface area (Å²) >= 11 is 0. The molecule has 398 valence electrons. The van der Waals surface area contributed by atoms with Crippen LogP contribution < -0.4 is 0 Å². The minimum atomic E-state index is -0.824. The average molecular weight is 972 g/mol. The predicted octanol–water partition coefficient (Wildman–Crippen LogP) is 19.5. The molecule has 0 saturated carbocycles. The van der Waals surface area contributed by atoms with Gasteiger partial charge in [0.05, 0.1) is 0 Å². The first-order valence-electron chi connectivity index (χ1n) is 28.9. The van der Waals surface area contributed by atoms with Crippen molar-refractivity contribution in [2.45, 2.75) is 264 Å². The lowest BCUT2D eigenvalue weighted by atomic mass is 10.1. The third-order valence-corrected chi connectivity index (χ3v) is 12.0. The lowest BCUT2D eigenvalue weighted by Gasteiger charge is -2.18. The third kappa shape index (κ3) is 55.0. The molecule has 0 aromatic heterocycles. The Bertz CT molecular complexity index is 1440. The first-order valence-corrected chi connectivity index (χ1v) is 28.9. The maximum absolute atomic E-state index is 12.8. The quantitative estimate of drug-likeness (QED) is 0.0262. The van der Waals surface area contributed by atoms with Crippen LogP contribution >= 0.6 is 0 Å². The highest BCUT2D eigenvalue weighted by atomic mass is 16.6. The summed E-state index contributed by atoms with van der Waals surface area (Å²) in [6.45, 7) is 6.44. The number of rotatable bonds is 51. The lowest BCUT2D eigenvalue weighted by Crippen LogP contribution is -2.30. The van der Waals surface area contributed by atoms with Crippen LogP contribution in [0.4, 0.5) is 0 Å². The van der Waals surface area contributed by atoms with E-state index < -0.39 is 6.10 Å². The van der Waals surface area contributed by atoms with E-state index in [1.807, 2.05) is 0 Å². The van der Waals surface area contributed by atoms with Gasteiger partial charge < -0.3 is 14.2 Å². The second kappa shape index (κ2) is 57.6. The number of unbranched alkanes of at least 4 members (excludes halogenated alkanes) is 22. The standard InChI is InChI=1S/C64H106O6/c1-4-7-10-13-16-19-22-25-28-31-32-34-36-39-42-45-48-51-54-57-63(66)69-60-61(59-68-62(65)56-53-50-47-44-41-38-35-30-27-24-21-18-15-12-9-6-3)70-64(67)58-55-52-49-46-43-40-37-33-29-26-23-20-17-14-11-8-5-2/h7,10,16,19,25-26,28-30,32,34-35,37,39-40,42,46,49,61H,4-6,8-9,11-15,17-18,20-24,27,31,33,36,38,41,43-45,47-48,50-60H2,1-3H3/b10-7-,19-16-,28-25-,29-26-,34-32-,35-30-,40-37-,42-39-,49-46-. The van der Waals surface area contributed by atoms with Crippen LogP contribution in [0.15, 0.2) is 109 Å². The van der Waals surface area contributed by atoms with E-state index in [0.717, 1.165) is 109 Å². The summed E-state index contributed by atoms with van der Waals surface area (Å²) < 4.78 is 16.8. The molecular weight excluding hydrogens is 865 g/mol. The smallest absolute Gasteiger partial charge is 0.306 e. The number of ether oxygens (including phenoxy) is 3. The first kappa shape index (κ1) is 66.1. The highest BCUT2D eigenvalue weighted by molar-refractivity contribution is 5.71. The minimum absolute atomic E-state index is 0.114. The van der Waals surface area contributed by atoms with E-state index >= 15 is 0 Å². The normalized spacial score (nSPS) is 12.9. The summed E-state index contributed by atoms with van der Waals surface area (Å²) in [5.41, 5.74) is 0. The molecule has 1 unspecified atom stereocenters. The zero-order valence-corrected chi connectivity index (χ0v) is 45.5. The number of carbonyl (C=O) groups is 3. The van der Waals surface area contributed by atoms with Gasteiger partial charge in [-0.05, 0) is 122 Å². The van der Waals surface area contributed by atoms with Crippen LogP contribution in [0.2, 0.25) is 0 Å². The van der Waals surface area contributed by atoms with Gasteiger partial charge in [0.2, 0.25) is 0 Å². The van der Waals surface area contributed by atoms with E-state index in [0.29, 0.717) is 19.3 Å². The third-order valence-electron chi connectivity index (χ3n) is 12.0. The zero-order chi connectivity index (χ0) is 50.7. The Kier molecular flexibility index (Phi) is 54.4. The summed E-state index contributed by atoms with van der Waals surface area (Å²) in [4.78, 5) is 38.1. The van der Waals surface area contributed by atoms with Gasteiger partial charge in [-0.15, -0.1) is 0 Å². The second-order valence-corrected chi connectivity index (χ2v) is 18.8. The van der Waals surface area contributed by atoms with Crippen molar-refractivity contribution in [2.24, 2.45) is 0 Å². The van der Waals surface area contributed by atoms with E-state index in [1.165, 1.54) is 103 Å². The van der Waals surface area contributed by atoms with Gasteiger partial charge in [0.15, 0.2) is 6.10 Å². The second-order valence-electron chi connectivity index (χ2n) is 18.8. The van der Waals surface area contributed by atoms with Crippen molar-refractivity contribution >= 4 is 17.9 Å². The van der Waals surface area contributed by atoms with Crippen LogP contribution in [0.3, 0.4) is 0 Å². The van der Waals surface area contributed by atoms with E-state index in [2.05, 4.69) is 130 Å². The summed E-state index contributed by atoms with van der Waals surface area (Å²) in [5.74, 6) is -1.01. The molecule has 1 atom stereocenters. The number of hydrogen-bond donors (Lipinski definition) is 0. The van der Waals surface area contributed by atoms with E-state index in [-0.39, 0.29) is 37.5 Å². The van der Waals surface area contributed by atoms with Gasteiger partial charge in [-0.3, -0.25) is 14.4 Å². The van der Waals surface area contributed by atoms with Crippen molar-refractivity contribution in [3.05, 3.63) is 109 Å². The van der Waals surface area contributed by atoms with Crippen LogP contribution in [0.1, 0.15) is 258 Å². The Balaban J connectivity index is 4.54. The van der Waals surface area contributed by atoms with Gasteiger partial charge in [-0.25, -0.2) is 0 Å². The molecule has 0 spiro atoms. The number of esters is 3. The van der Waals surface area contributed by atoms with Gasteiger partial charge in [0.25, 0.3) is 0 Å². The number of hydrogen-bond acceptors (Lipinski definition) is 6. The molecule has 0 amide bonds. The Hall–Kier alpha value is -3.93. The molecule has 6 nitrogen and oxygen atoms in total. The van der Waals surface area contributed by atoms with Crippen molar-refractivity contribution < 1.29 is 28.6 Å². The minimum Gasteiger partial charge on any atom is -0.462 e. The molecule has 0 rings (SSSR count). The molecule has 0 aliphatic heterocycles. The van der Waals surface area contributed by atoms with Gasteiger partial charge in [-0.2, -0.15) is 0 Å². The first-order chi connectivity index (χ1) is 34.5. The Morgan fingerprint density at radius 1 is 0.300 bits per heavy atom. The number of carbonyl (C=O) groups excluding carboxylic acids is 3. The summed E-state index contributed by atoms with van der Waals surface area (Å²) in [6, 6.07) is 0. The fourth-order valence-electron chi connectivity index (χ4n) is 7.66. The summed E-state index contributed by atoms with van der Waals surface area (Å²) in [7, 11) is 0. The van der Waals surface area contributed by atoms with Gasteiger partial charge in [-0.1, -0.05) is 226 Å². The van der Waals surface area contributed by atoms with Crippen molar-refractivity contribution in [3.8, 4) is 0 Å². The Morgan fingerprint density at radius 3 is 0.943 bits per heavy atom. The lowest BCUT2D eigenvalue weighted by molar-refractivity contribution is -0.167. The molecule has 0 saturated heterocycles. The molecule has 70 heavy (non-hydrogen) atoms. The van der Waals surface area contributed by atoms with Crippen LogP contribution in [0.25, 0.3) is 0 Å². The predicted molar refractivity (Wildman–Crippen MR) is 302 cm³/mol. The molecular formula is C64H106O6. The maximum atomic E-state index is 12.8. The molecule has 0 heterocycles. The fourth-order valence-corrected chi connectivity index (χ4v) is 7.66. The molecule has 0 bridgehead atoms. The Labute approximate surface area is 431 Å². The highest BCUT2D eigenvalue weighted by Gasteiger charge is 2.19. The SMILES string of the molecule is CC/C=C\C/C=C\C/C=C\C/C=C\C/C=C\CCCCCC(=O)OCC(COC(=O)CCCCCCC/C=C\CCCCCCCCC)OC(=O)CCC/C=C\C/C=C\C/C=C\CCCCCCCC. The fraction of sp³-hybridized carbons (Fsp3) is 0.672. The van der Waals surface area contributed by atoms with Crippen molar-refractivity contribution in [1.29, 1.82) is 0 Å². The molecule has 0 aromatic carbocycles. The van der Waals surface area contributed by atoms with Crippen LogP contribution in [0, 0.1) is 0 Å². The van der Waals surface area contributed by atoms with Crippen molar-refractivity contribution in [2.75, 3.05) is 13.2 Å². The largest absolute Gasteiger partial charge is 0.462 e. The maximum Gasteiger partial charge on any atom is 0.306 e. The number of allylic oxidation sites excluding steroid dienone is 18. The van der Waals surface area contributed by atoms with Gasteiger partial charge >= 0.3 is 17.9 Å². The van der Waals surface area contributed by atoms with E-state index in [4.69, 9.17) is 14.2 Å². The van der Waals surface area contributed by atoms with Crippen LogP contribution in [-0.4, -0.2) is 37.2 Å². The molecule has 0 aromatic rings. The van der Waals surface area contributed by atoms with Gasteiger partial charge in [0.1, 0.15) is 13.2 Å². The molecule has 0 aliphatic rings. The van der Waals surface area contributed by atoms with Crippen LogP contribution in [0.5, 0.6) is 0 Å². The molecule has 0 N–H and O–H groups in total. The summed E-state index contributed by atoms with van der Waals surface area (Å²) in [6.07, 6.45) is 78.0. The molecule has 0 radical (unpaired) electrons. The van der Waals surface area contributed by atoms with Gasteiger partial charge in [0, 0.05) is 19.3 Å². The van der Waals surface area contributed by atoms with Crippen molar-refractivity contribution in [3.63, 3.8) is 0 Å². The van der Waals surface area contributed by atoms with E-state index in [9.17, 15) is 14.4 Å². The summed E-state index contributed by atoms with van der Waals surface area (Å²) in [5, 5.41) is 0. The molecule has 6 heteroatoms. The highest BCUT2D eigenvalue weighted by Crippen LogP contribution is 2.13. The van der Waals surface area contributed by atoms with Crippen molar-refractivity contribution in [1.82, 2.24) is 0 Å². The molecule has 0 aliphatic carbocycles. The van der Waals surface area contributed by atoms with E-state index in [1.54, 1.807) is 0 Å². The monoisotopic (exact) mass is 971 g/mol. The average Bonchev–Trinajstić information content (AvgIpc) is 3.36. The van der Waals surface area contributed by atoms with Crippen LogP contribution in [-0.2, 0) is 28.6 Å². The molecule has 0 fully saturated rings. The zero-order valence-electron chi connectivity index (χ0n) is 45.5.